The van der Waals surface area contributed by atoms with Crippen molar-refractivity contribution in [2.45, 2.75) is 45.4 Å². The van der Waals surface area contributed by atoms with E-state index in [1.807, 2.05) is 25.0 Å². The molecule has 0 aliphatic rings. The molecule has 1 aromatic carbocycles. The van der Waals surface area contributed by atoms with Crippen molar-refractivity contribution < 1.29 is 9.90 Å². The Balaban J connectivity index is 0.00000106. The van der Waals surface area contributed by atoms with E-state index < -0.39 is 0 Å². The first-order valence-corrected chi connectivity index (χ1v) is 5.90. The number of carbonyl (C=O) groups is 1. The summed E-state index contributed by atoms with van der Waals surface area (Å²) in [6, 6.07) is 7.63. The van der Waals surface area contributed by atoms with Gasteiger partial charge in [0.05, 0.1) is 0 Å². The average molecular weight is 222 g/mol. The van der Waals surface area contributed by atoms with Gasteiger partial charge in [0.25, 0.3) is 0 Å². The molecule has 0 aliphatic heterocycles. The Hall–Kier alpha value is -1.31. The molecular weight excluding hydrogens is 200 g/mol. The molecule has 1 N–H and O–H groups in total. The van der Waals surface area contributed by atoms with Gasteiger partial charge < -0.3 is 9.90 Å². The molecule has 0 aromatic heterocycles. The summed E-state index contributed by atoms with van der Waals surface area (Å²) >= 11 is 0. The number of hydrogen-bond acceptors (Lipinski definition) is 2. The van der Waals surface area contributed by atoms with Crippen LogP contribution in [0.5, 0.6) is 5.75 Å². The summed E-state index contributed by atoms with van der Waals surface area (Å²) in [5.41, 5.74) is 1.09. The molecule has 0 radical (unpaired) electrons. The Kier molecular flexibility index (Phi) is 9.38. The van der Waals surface area contributed by atoms with Gasteiger partial charge in [-0.05, 0) is 24.5 Å². The van der Waals surface area contributed by atoms with E-state index in [1.165, 1.54) is 32.1 Å². The Morgan fingerprint density at radius 2 is 1.69 bits per heavy atom. The SMILES string of the molecule is C=O.CCCCCCCc1ccccc1O. The number of para-hydroxylation sites is 1. The quantitative estimate of drug-likeness (QED) is 0.745. The lowest BCUT2D eigenvalue weighted by Crippen LogP contribution is -1.86. The van der Waals surface area contributed by atoms with Gasteiger partial charge in [-0.15, -0.1) is 0 Å². The standard InChI is InChI=1S/C13H20O.CH2O/c1-2-3-4-5-6-9-12-10-7-8-11-13(12)14;1-2/h7-8,10-11,14H,2-6,9H2,1H3;1H2. The molecular formula is C14H22O2. The molecule has 0 spiro atoms. The lowest BCUT2D eigenvalue weighted by atomic mass is 10.0. The molecule has 0 unspecified atom stereocenters. The second-order valence-corrected chi connectivity index (χ2v) is 3.79. The van der Waals surface area contributed by atoms with Crippen molar-refractivity contribution in [2.75, 3.05) is 0 Å². The zero-order valence-corrected chi connectivity index (χ0v) is 10.1. The van der Waals surface area contributed by atoms with Crippen LogP contribution in [0.15, 0.2) is 24.3 Å². The molecule has 90 valence electrons. The third kappa shape index (κ3) is 6.23. The molecule has 0 atom stereocenters. The van der Waals surface area contributed by atoms with Crippen LogP contribution in [0.3, 0.4) is 0 Å². The van der Waals surface area contributed by atoms with Crippen LogP contribution in [-0.2, 0) is 11.2 Å². The Morgan fingerprint density at radius 3 is 2.31 bits per heavy atom. The van der Waals surface area contributed by atoms with E-state index in [0.29, 0.717) is 5.75 Å². The van der Waals surface area contributed by atoms with Crippen molar-refractivity contribution in [2.24, 2.45) is 0 Å². The maximum Gasteiger partial charge on any atom is 0.118 e. The normalized spacial score (nSPS) is 9.31. The fourth-order valence-corrected chi connectivity index (χ4v) is 1.64. The van der Waals surface area contributed by atoms with Gasteiger partial charge in [0, 0.05) is 0 Å². The minimum atomic E-state index is 0.447. The van der Waals surface area contributed by atoms with Crippen LogP contribution in [-0.4, -0.2) is 11.9 Å². The summed E-state index contributed by atoms with van der Waals surface area (Å²) in [7, 11) is 0. The number of aryl methyl sites for hydroxylation is 1. The molecule has 0 aliphatic carbocycles. The first-order valence-electron chi connectivity index (χ1n) is 5.90. The van der Waals surface area contributed by atoms with Gasteiger partial charge in [-0.25, -0.2) is 0 Å². The van der Waals surface area contributed by atoms with Crippen LogP contribution in [0.4, 0.5) is 0 Å². The molecule has 0 fully saturated rings. The maximum atomic E-state index is 9.51. The maximum absolute atomic E-state index is 9.51. The summed E-state index contributed by atoms with van der Waals surface area (Å²) in [6.45, 7) is 4.23. The van der Waals surface area contributed by atoms with Crippen LogP contribution < -0.4 is 0 Å². The third-order valence-corrected chi connectivity index (χ3v) is 2.54. The van der Waals surface area contributed by atoms with Gasteiger partial charge in [-0.3, -0.25) is 0 Å². The van der Waals surface area contributed by atoms with E-state index in [0.717, 1.165) is 12.0 Å². The molecule has 0 amide bonds. The number of phenolic OH excluding ortho intramolecular Hbond substituents is 1. The summed E-state index contributed by atoms with van der Waals surface area (Å²) in [4.78, 5) is 8.00. The van der Waals surface area contributed by atoms with Crippen molar-refractivity contribution in [1.29, 1.82) is 0 Å². The molecule has 2 heteroatoms. The van der Waals surface area contributed by atoms with Crippen LogP contribution in [0.1, 0.15) is 44.6 Å². The zero-order valence-electron chi connectivity index (χ0n) is 10.1. The molecule has 0 saturated carbocycles. The highest BCUT2D eigenvalue weighted by atomic mass is 16.3. The number of benzene rings is 1. The second kappa shape index (κ2) is 10.2. The summed E-state index contributed by atoms with van der Waals surface area (Å²) in [5, 5.41) is 9.51. The Morgan fingerprint density at radius 1 is 1.06 bits per heavy atom. The van der Waals surface area contributed by atoms with Crippen LogP contribution >= 0.6 is 0 Å². The molecule has 0 saturated heterocycles. The molecule has 1 aromatic rings. The summed E-state index contributed by atoms with van der Waals surface area (Å²) in [6.07, 6.45) is 7.43. The lowest BCUT2D eigenvalue weighted by Gasteiger charge is -2.03. The predicted octanol–water partition coefficient (Wildman–Crippen LogP) is 3.72. The number of hydrogen-bond donors (Lipinski definition) is 1. The first-order chi connectivity index (χ1) is 7.84. The minimum absolute atomic E-state index is 0.447. The number of phenols is 1. The largest absolute Gasteiger partial charge is 0.508 e. The zero-order chi connectivity index (χ0) is 12.2. The topological polar surface area (TPSA) is 37.3 Å². The van der Waals surface area contributed by atoms with Gasteiger partial charge in [-0.1, -0.05) is 50.8 Å². The Labute approximate surface area is 98.3 Å². The summed E-state index contributed by atoms with van der Waals surface area (Å²) in [5.74, 6) is 0.447. The fourth-order valence-electron chi connectivity index (χ4n) is 1.64. The van der Waals surface area contributed by atoms with E-state index in [-0.39, 0.29) is 0 Å². The monoisotopic (exact) mass is 222 g/mol. The van der Waals surface area contributed by atoms with Crippen molar-refractivity contribution in [3.8, 4) is 5.75 Å². The minimum Gasteiger partial charge on any atom is -0.508 e. The van der Waals surface area contributed by atoms with Crippen molar-refractivity contribution in [3.05, 3.63) is 29.8 Å². The van der Waals surface area contributed by atoms with E-state index in [4.69, 9.17) is 4.79 Å². The van der Waals surface area contributed by atoms with Crippen LogP contribution in [0, 0.1) is 0 Å². The smallest absolute Gasteiger partial charge is 0.118 e. The molecule has 2 nitrogen and oxygen atoms in total. The molecule has 16 heavy (non-hydrogen) atoms. The van der Waals surface area contributed by atoms with E-state index in [1.54, 1.807) is 6.07 Å². The van der Waals surface area contributed by atoms with E-state index in [9.17, 15) is 5.11 Å². The average Bonchev–Trinajstić information content (AvgIpc) is 2.34. The van der Waals surface area contributed by atoms with Crippen LogP contribution in [0.25, 0.3) is 0 Å². The number of unbranched alkanes of at least 4 members (excludes halogenated alkanes) is 4. The van der Waals surface area contributed by atoms with E-state index in [2.05, 4.69) is 6.92 Å². The van der Waals surface area contributed by atoms with Crippen molar-refractivity contribution in [1.82, 2.24) is 0 Å². The first kappa shape index (κ1) is 14.7. The van der Waals surface area contributed by atoms with Gasteiger partial charge >= 0.3 is 0 Å². The number of carbonyl (C=O) groups excluding carboxylic acids is 1. The highest BCUT2D eigenvalue weighted by Gasteiger charge is 1.98. The van der Waals surface area contributed by atoms with Gasteiger partial charge in [0.2, 0.25) is 0 Å². The number of rotatable bonds is 6. The molecule has 1 rings (SSSR count). The van der Waals surface area contributed by atoms with Gasteiger partial charge in [0.15, 0.2) is 0 Å². The van der Waals surface area contributed by atoms with Gasteiger partial charge in [-0.2, -0.15) is 0 Å². The van der Waals surface area contributed by atoms with Crippen molar-refractivity contribution in [3.63, 3.8) is 0 Å². The molecule has 0 heterocycles. The molecule has 0 bridgehead atoms. The third-order valence-electron chi connectivity index (χ3n) is 2.54. The van der Waals surface area contributed by atoms with Gasteiger partial charge in [0.1, 0.15) is 12.5 Å². The second-order valence-electron chi connectivity index (χ2n) is 3.79. The lowest BCUT2D eigenvalue weighted by molar-refractivity contribution is -0.0979. The highest BCUT2D eigenvalue weighted by Crippen LogP contribution is 2.18. The van der Waals surface area contributed by atoms with E-state index >= 15 is 0 Å². The Bertz CT molecular complexity index is 271. The van der Waals surface area contributed by atoms with Crippen LogP contribution in [0.2, 0.25) is 0 Å². The fraction of sp³-hybridized carbons (Fsp3) is 0.500. The summed E-state index contributed by atoms with van der Waals surface area (Å²) < 4.78 is 0. The highest BCUT2D eigenvalue weighted by molar-refractivity contribution is 5.31. The predicted molar refractivity (Wildman–Crippen MR) is 67.7 cm³/mol. The van der Waals surface area contributed by atoms with Crippen molar-refractivity contribution >= 4 is 6.79 Å². The number of aromatic hydroxyl groups is 1.